The van der Waals surface area contributed by atoms with Gasteiger partial charge in [0.1, 0.15) is 11.7 Å². The third-order valence-electron chi connectivity index (χ3n) is 4.84. The second kappa shape index (κ2) is 6.04. The number of rotatable bonds is 4. The van der Waals surface area contributed by atoms with Gasteiger partial charge in [0.05, 0.1) is 0 Å². The highest BCUT2D eigenvalue weighted by Crippen LogP contribution is 2.32. The van der Waals surface area contributed by atoms with Crippen LogP contribution < -0.4 is 4.74 Å². The van der Waals surface area contributed by atoms with E-state index in [1.54, 1.807) is 6.07 Å². The maximum atomic E-state index is 11.5. The SMILES string of the molecule is CCC1CCCC(Oc2nc3c(cc2C(=O)O)CCC3)C1. The molecule has 0 saturated heterocycles. The van der Waals surface area contributed by atoms with Gasteiger partial charge in [-0.15, -0.1) is 0 Å². The maximum absolute atomic E-state index is 11.5. The van der Waals surface area contributed by atoms with Crippen molar-refractivity contribution in [3.05, 3.63) is 22.9 Å². The van der Waals surface area contributed by atoms with Crippen molar-refractivity contribution >= 4 is 5.97 Å². The zero-order valence-corrected chi connectivity index (χ0v) is 12.6. The molecule has 1 aromatic heterocycles. The van der Waals surface area contributed by atoms with Crippen molar-refractivity contribution in [1.29, 1.82) is 0 Å². The molecule has 1 N–H and O–H groups in total. The first-order valence-corrected chi connectivity index (χ1v) is 8.10. The minimum absolute atomic E-state index is 0.119. The number of aryl methyl sites for hydroxylation is 2. The van der Waals surface area contributed by atoms with Crippen LogP contribution in [0.15, 0.2) is 6.07 Å². The number of ether oxygens (including phenoxy) is 1. The van der Waals surface area contributed by atoms with Gasteiger partial charge < -0.3 is 9.84 Å². The number of nitrogens with zero attached hydrogens (tertiary/aromatic N) is 1. The molecule has 21 heavy (non-hydrogen) atoms. The summed E-state index contributed by atoms with van der Waals surface area (Å²) in [7, 11) is 0. The van der Waals surface area contributed by atoms with Gasteiger partial charge in [0, 0.05) is 5.69 Å². The number of aromatic carboxylic acids is 1. The van der Waals surface area contributed by atoms with Crippen molar-refractivity contribution in [2.45, 2.75) is 64.4 Å². The molecule has 0 amide bonds. The van der Waals surface area contributed by atoms with Crippen LogP contribution in [0.1, 0.15) is 67.1 Å². The number of carboxylic acids is 1. The molecule has 0 spiro atoms. The van der Waals surface area contributed by atoms with Gasteiger partial charge in [0.2, 0.25) is 5.88 Å². The fourth-order valence-electron chi connectivity index (χ4n) is 3.57. The first-order valence-electron chi connectivity index (χ1n) is 8.10. The van der Waals surface area contributed by atoms with E-state index in [1.807, 2.05) is 0 Å². The molecule has 4 heteroatoms. The van der Waals surface area contributed by atoms with E-state index in [-0.39, 0.29) is 11.7 Å². The lowest BCUT2D eigenvalue weighted by Gasteiger charge is -2.29. The topological polar surface area (TPSA) is 59.4 Å². The summed E-state index contributed by atoms with van der Waals surface area (Å²) in [6, 6.07) is 1.77. The summed E-state index contributed by atoms with van der Waals surface area (Å²) in [6.07, 6.45) is 8.68. The Morgan fingerprint density at radius 1 is 1.38 bits per heavy atom. The van der Waals surface area contributed by atoms with E-state index in [0.717, 1.165) is 49.8 Å². The lowest BCUT2D eigenvalue weighted by Crippen LogP contribution is -2.26. The van der Waals surface area contributed by atoms with Gasteiger partial charge in [-0.25, -0.2) is 9.78 Å². The third kappa shape index (κ3) is 3.04. The van der Waals surface area contributed by atoms with E-state index >= 15 is 0 Å². The molecule has 1 aromatic rings. The maximum Gasteiger partial charge on any atom is 0.341 e. The van der Waals surface area contributed by atoms with Gasteiger partial charge in [-0.2, -0.15) is 0 Å². The Labute approximate surface area is 125 Å². The Morgan fingerprint density at radius 2 is 2.24 bits per heavy atom. The molecule has 0 radical (unpaired) electrons. The Hall–Kier alpha value is -1.58. The van der Waals surface area contributed by atoms with Gasteiger partial charge in [-0.3, -0.25) is 0 Å². The van der Waals surface area contributed by atoms with Crippen LogP contribution in [0, 0.1) is 5.92 Å². The van der Waals surface area contributed by atoms with Crippen molar-refractivity contribution in [1.82, 2.24) is 4.98 Å². The molecule has 0 aliphatic heterocycles. The Bertz CT molecular complexity index is 541. The average molecular weight is 289 g/mol. The molecule has 2 unspecified atom stereocenters. The summed E-state index contributed by atoms with van der Waals surface area (Å²) in [5, 5.41) is 9.40. The first kappa shape index (κ1) is 14.4. The van der Waals surface area contributed by atoms with Gasteiger partial charge in [0.25, 0.3) is 0 Å². The number of hydrogen-bond acceptors (Lipinski definition) is 3. The number of aromatic nitrogens is 1. The second-order valence-corrected chi connectivity index (χ2v) is 6.29. The van der Waals surface area contributed by atoms with Gasteiger partial charge in [-0.05, 0) is 56.1 Å². The lowest BCUT2D eigenvalue weighted by atomic mass is 9.85. The van der Waals surface area contributed by atoms with Crippen LogP contribution in [0.4, 0.5) is 0 Å². The summed E-state index contributed by atoms with van der Waals surface area (Å²) in [5.41, 5.74) is 2.34. The Kier molecular flexibility index (Phi) is 4.13. The third-order valence-corrected chi connectivity index (χ3v) is 4.84. The molecule has 114 valence electrons. The van der Waals surface area contributed by atoms with Crippen LogP contribution in [-0.4, -0.2) is 22.2 Å². The standard InChI is InChI=1S/C17H23NO3/c1-2-11-5-3-7-13(9-11)21-16-14(17(19)20)10-12-6-4-8-15(12)18-16/h10-11,13H,2-9H2,1H3,(H,19,20). The molecule has 3 rings (SSSR count). The molecule has 0 bridgehead atoms. The predicted octanol–water partition coefficient (Wildman–Crippen LogP) is 3.62. The summed E-state index contributed by atoms with van der Waals surface area (Å²) >= 11 is 0. The molecule has 1 saturated carbocycles. The van der Waals surface area contributed by atoms with Gasteiger partial charge in [-0.1, -0.05) is 19.8 Å². The highest BCUT2D eigenvalue weighted by atomic mass is 16.5. The van der Waals surface area contributed by atoms with Crippen LogP contribution in [-0.2, 0) is 12.8 Å². The Morgan fingerprint density at radius 3 is 3.00 bits per heavy atom. The molecular formula is C17H23NO3. The highest BCUT2D eigenvalue weighted by molar-refractivity contribution is 5.90. The van der Waals surface area contributed by atoms with Gasteiger partial charge >= 0.3 is 5.97 Å². The number of fused-ring (bicyclic) bond motifs is 1. The quantitative estimate of drug-likeness (QED) is 0.919. The molecule has 1 fully saturated rings. The highest BCUT2D eigenvalue weighted by Gasteiger charge is 2.26. The van der Waals surface area contributed by atoms with Crippen molar-refractivity contribution in [2.75, 3.05) is 0 Å². The zero-order chi connectivity index (χ0) is 14.8. The van der Waals surface area contributed by atoms with Crippen molar-refractivity contribution < 1.29 is 14.6 Å². The summed E-state index contributed by atoms with van der Waals surface area (Å²) in [5.74, 6) is 0.103. The Balaban J connectivity index is 1.82. The number of pyridine rings is 1. The van der Waals surface area contributed by atoms with Crippen molar-refractivity contribution in [3.8, 4) is 5.88 Å². The smallest absolute Gasteiger partial charge is 0.341 e. The number of carboxylic acid groups (broad SMARTS) is 1. The van der Waals surface area contributed by atoms with E-state index in [4.69, 9.17) is 4.74 Å². The molecule has 0 aromatic carbocycles. The molecule has 1 heterocycles. The first-order chi connectivity index (χ1) is 10.2. The second-order valence-electron chi connectivity index (χ2n) is 6.29. The average Bonchev–Trinajstić information content (AvgIpc) is 2.93. The van der Waals surface area contributed by atoms with E-state index in [0.29, 0.717) is 11.8 Å². The summed E-state index contributed by atoms with van der Waals surface area (Å²) < 4.78 is 6.01. The molecule has 2 aliphatic carbocycles. The van der Waals surface area contributed by atoms with Gasteiger partial charge in [0.15, 0.2) is 0 Å². The molecular weight excluding hydrogens is 266 g/mol. The number of carbonyl (C=O) groups is 1. The fraction of sp³-hybridized carbons (Fsp3) is 0.647. The normalized spacial score (nSPS) is 24.6. The van der Waals surface area contributed by atoms with E-state index in [1.165, 1.54) is 12.8 Å². The monoisotopic (exact) mass is 289 g/mol. The van der Waals surface area contributed by atoms with E-state index in [9.17, 15) is 9.90 Å². The fourth-order valence-corrected chi connectivity index (χ4v) is 3.57. The minimum atomic E-state index is -0.935. The number of hydrogen-bond donors (Lipinski definition) is 1. The molecule has 2 atom stereocenters. The van der Waals surface area contributed by atoms with Crippen LogP contribution in [0.25, 0.3) is 0 Å². The van der Waals surface area contributed by atoms with E-state index in [2.05, 4.69) is 11.9 Å². The van der Waals surface area contributed by atoms with Crippen molar-refractivity contribution in [2.24, 2.45) is 5.92 Å². The zero-order valence-electron chi connectivity index (χ0n) is 12.6. The van der Waals surface area contributed by atoms with Crippen LogP contribution in [0.3, 0.4) is 0 Å². The molecule has 2 aliphatic rings. The lowest BCUT2D eigenvalue weighted by molar-refractivity contribution is 0.0678. The van der Waals surface area contributed by atoms with Crippen LogP contribution >= 0.6 is 0 Å². The van der Waals surface area contributed by atoms with Crippen LogP contribution in [0.5, 0.6) is 5.88 Å². The largest absolute Gasteiger partial charge is 0.477 e. The summed E-state index contributed by atoms with van der Waals surface area (Å²) in [4.78, 5) is 16.0. The van der Waals surface area contributed by atoms with Crippen LogP contribution in [0.2, 0.25) is 0 Å². The minimum Gasteiger partial charge on any atom is -0.477 e. The van der Waals surface area contributed by atoms with E-state index < -0.39 is 5.97 Å². The summed E-state index contributed by atoms with van der Waals surface area (Å²) in [6.45, 7) is 2.21. The molecule has 4 nitrogen and oxygen atoms in total. The predicted molar refractivity (Wildman–Crippen MR) is 79.9 cm³/mol. The van der Waals surface area contributed by atoms with Crippen molar-refractivity contribution in [3.63, 3.8) is 0 Å².